The van der Waals surface area contributed by atoms with Crippen LogP contribution in [-0.2, 0) is 4.79 Å². The first-order chi connectivity index (χ1) is 15.0. The highest BCUT2D eigenvalue weighted by molar-refractivity contribution is 7.80. The van der Waals surface area contributed by atoms with Crippen LogP contribution in [0.5, 0.6) is 11.5 Å². The quantitative estimate of drug-likeness (QED) is 0.389. The molecular formula is C24H29N3O3S. The molecule has 1 amide bonds. The van der Waals surface area contributed by atoms with Crippen LogP contribution in [0.25, 0.3) is 0 Å². The highest BCUT2D eigenvalue weighted by atomic mass is 32.1. The minimum atomic E-state index is -0.415. The molecule has 2 aromatic rings. The molecule has 3 N–H and O–H groups in total. The van der Waals surface area contributed by atoms with Gasteiger partial charge in [-0.15, -0.1) is 0 Å². The van der Waals surface area contributed by atoms with E-state index < -0.39 is 6.04 Å². The summed E-state index contributed by atoms with van der Waals surface area (Å²) in [6.45, 7) is 7.06. The van der Waals surface area contributed by atoms with E-state index in [9.17, 15) is 4.79 Å². The van der Waals surface area contributed by atoms with E-state index in [2.05, 4.69) is 22.9 Å². The number of nitrogens with one attached hydrogen (secondary N) is 3. The first-order valence-corrected chi connectivity index (χ1v) is 11.0. The zero-order valence-electron chi connectivity index (χ0n) is 18.2. The molecule has 2 aromatic carbocycles. The Bertz CT molecular complexity index is 960. The first kappa shape index (κ1) is 22.6. The van der Waals surface area contributed by atoms with Crippen molar-refractivity contribution in [2.75, 3.05) is 18.5 Å². The summed E-state index contributed by atoms with van der Waals surface area (Å²) in [5.74, 6) is 1.16. The van der Waals surface area contributed by atoms with Gasteiger partial charge in [0.2, 0.25) is 0 Å². The Morgan fingerprint density at radius 2 is 1.87 bits per heavy atom. The number of hydrogen-bond acceptors (Lipinski definition) is 4. The van der Waals surface area contributed by atoms with Gasteiger partial charge in [0.05, 0.1) is 24.8 Å². The average Bonchev–Trinajstić information content (AvgIpc) is 2.75. The van der Waals surface area contributed by atoms with Crippen molar-refractivity contribution in [1.82, 2.24) is 10.6 Å². The highest BCUT2D eigenvalue weighted by Crippen LogP contribution is 2.35. The van der Waals surface area contributed by atoms with Crippen LogP contribution >= 0.6 is 12.2 Å². The van der Waals surface area contributed by atoms with E-state index in [4.69, 9.17) is 21.7 Å². The fraction of sp³-hybridized carbons (Fsp3) is 0.333. The van der Waals surface area contributed by atoms with Gasteiger partial charge in [-0.25, -0.2) is 0 Å². The molecule has 6 nitrogen and oxygen atoms in total. The van der Waals surface area contributed by atoms with Crippen LogP contribution < -0.4 is 25.4 Å². The van der Waals surface area contributed by atoms with Gasteiger partial charge in [0.15, 0.2) is 16.6 Å². The molecule has 0 bridgehead atoms. The largest absolute Gasteiger partial charge is 0.490 e. The Morgan fingerprint density at radius 1 is 1.10 bits per heavy atom. The number of anilines is 1. The number of para-hydroxylation sites is 1. The Morgan fingerprint density at radius 3 is 2.58 bits per heavy atom. The van der Waals surface area contributed by atoms with Gasteiger partial charge in [0.25, 0.3) is 5.91 Å². The number of carbonyl (C=O) groups is 1. The monoisotopic (exact) mass is 439 g/mol. The number of benzene rings is 2. The maximum absolute atomic E-state index is 13.2. The molecule has 1 heterocycles. The lowest BCUT2D eigenvalue weighted by atomic mass is 9.94. The molecule has 0 aliphatic carbocycles. The first-order valence-electron chi connectivity index (χ1n) is 10.6. The smallest absolute Gasteiger partial charge is 0.255 e. The van der Waals surface area contributed by atoms with Crippen molar-refractivity contribution in [3.8, 4) is 11.5 Å². The van der Waals surface area contributed by atoms with Crippen molar-refractivity contribution < 1.29 is 14.3 Å². The minimum absolute atomic E-state index is 0.197. The molecule has 3 rings (SSSR count). The fourth-order valence-electron chi connectivity index (χ4n) is 3.38. The van der Waals surface area contributed by atoms with Crippen LogP contribution in [0.15, 0.2) is 59.8 Å². The summed E-state index contributed by atoms with van der Waals surface area (Å²) < 4.78 is 11.7. The zero-order chi connectivity index (χ0) is 22.2. The van der Waals surface area contributed by atoms with E-state index in [1.165, 1.54) is 0 Å². The topological polar surface area (TPSA) is 71.6 Å². The van der Waals surface area contributed by atoms with Gasteiger partial charge >= 0.3 is 0 Å². The van der Waals surface area contributed by atoms with Gasteiger partial charge in [0.1, 0.15) is 0 Å². The number of rotatable bonds is 9. The molecule has 0 fully saturated rings. The van der Waals surface area contributed by atoms with Crippen LogP contribution in [0, 0.1) is 0 Å². The number of carbonyl (C=O) groups excluding carboxylic acids is 1. The molecule has 31 heavy (non-hydrogen) atoms. The van der Waals surface area contributed by atoms with Crippen LogP contribution in [0.1, 0.15) is 45.2 Å². The van der Waals surface area contributed by atoms with Gasteiger partial charge in [-0.1, -0.05) is 37.6 Å². The van der Waals surface area contributed by atoms with Crippen molar-refractivity contribution in [3.05, 3.63) is 65.4 Å². The number of unbranched alkanes of at least 4 members (excludes halogenated alkanes) is 1. The molecular weight excluding hydrogens is 410 g/mol. The molecule has 0 saturated heterocycles. The lowest BCUT2D eigenvalue weighted by Gasteiger charge is -2.30. The molecule has 7 heteroatoms. The number of ether oxygens (including phenoxy) is 2. The Labute approximate surface area is 189 Å². The molecule has 0 unspecified atom stereocenters. The second-order valence-electron chi connectivity index (χ2n) is 7.23. The van der Waals surface area contributed by atoms with E-state index in [1.54, 1.807) is 0 Å². The van der Waals surface area contributed by atoms with Crippen molar-refractivity contribution >= 4 is 28.9 Å². The SMILES string of the molecule is CCCCOc1ccc([C@@H]2NC(=S)NC(C)=C2C(=O)Nc2ccccc2)cc1OCC. The predicted octanol–water partition coefficient (Wildman–Crippen LogP) is 4.70. The Balaban J connectivity index is 1.92. The minimum Gasteiger partial charge on any atom is -0.490 e. The number of amides is 1. The number of allylic oxidation sites excluding steroid dienone is 1. The Hall–Kier alpha value is -3.06. The maximum Gasteiger partial charge on any atom is 0.255 e. The van der Waals surface area contributed by atoms with Gasteiger partial charge in [-0.05, 0) is 62.3 Å². The molecule has 1 atom stereocenters. The third-order valence-electron chi connectivity index (χ3n) is 4.90. The molecule has 164 valence electrons. The summed E-state index contributed by atoms with van der Waals surface area (Å²) >= 11 is 5.37. The lowest BCUT2D eigenvalue weighted by molar-refractivity contribution is -0.113. The van der Waals surface area contributed by atoms with Crippen LogP contribution in [0.2, 0.25) is 0 Å². The van der Waals surface area contributed by atoms with Crippen LogP contribution in [0.3, 0.4) is 0 Å². The van der Waals surface area contributed by atoms with Gasteiger partial charge in [-0.3, -0.25) is 4.79 Å². The summed E-state index contributed by atoms with van der Waals surface area (Å²) in [7, 11) is 0. The molecule has 0 saturated carbocycles. The molecule has 1 aliphatic rings. The number of thiocarbonyl (C=S) groups is 1. The maximum atomic E-state index is 13.2. The van der Waals surface area contributed by atoms with Gasteiger partial charge in [0, 0.05) is 11.4 Å². The summed E-state index contributed by atoms with van der Waals surface area (Å²) in [5.41, 5.74) is 2.88. The molecule has 1 aliphatic heterocycles. The van der Waals surface area contributed by atoms with Crippen molar-refractivity contribution in [3.63, 3.8) is 0 Å². The second kappa shape index (κ2) is 10.8. The lowest BCUT2D eigenvalue weighted by Crippen LogP contribution is -2.45. The third kappa shape index (κ3) is 5.76. The zero-order valence-corrected chi connectivity index (χ0v) is 19.0. The molecule has 0 aromatic heterocycles. The van der Waals surface area contributed by atoms with E-state index >= 15 is 0 Å². The summed E-state index contributed by atoms with van der Waals surface area (Å²) in [5, 5.41) is 9.73. The fourth-order valence-corrected chi connectivity index (χ4v) is 3.65. The summed E-state index contributed by atoms with van der Waals surface area (Å²) in [6.07, 6.45) is 2.03. The van der Waals surface area contributed by atoms with Crippen molar-refractivity contribution in [2.24, 2.45) is 0 Å². The number of hydrogen-bond donors (Lipinski definition) is 3. The van der Waals surface area contributed by atoms with Gasteiger partial charge < -0.3 is 25.4 Å². The molecule has 0 spiro atoms. The molecule has 0 radical (unpaired) electrons. The van der Waals surface area contributed by atoms with Gasteiger partial charge in [-0.2, -0.15) is 0 Å². The van der Waals surface area contributed by atoms with E-state index in [0.717, 1.165) is 24.1 Å². The van der Waals surface area contributed by atoms with E-state index in [1.807, 2.05) is 62.4 Å². The summed E-state index contributed by atoms with van der Waals surface area (Å²) in [6, 6.07) is 14.7. The second-order valence-corrected chi connectivity index (χ2v) is 7.64. The van der Waals surface area contributed by atoms with E-state index in [0.29, 0.717) is 41.1 Å². The average molecular weight is 440 g/mol. The van der Waals surface area contributed by atoms with Crippen molar-refractivity contribution in [1.29, 1.82) is 0 Å². The van der Waals surface area contributed by atoms with Crippen molar-refractivity contribution in [2.45, 2.75) is 39.7 Å². The van der Waals surface area contributed by atoms with Crippen LogP contribution in [-0.4, -0.2) is 24.2 Å². The standard InChI is InChI=1S/C24H29N3O3S/c1-4-6-14-30-19-13-12-17(15-20(19)29-5-2)22-21(16(3)25-24(31)27-22)23(28)26-18-10-8-7-9-11-18/h7-13,15,22H,4-6,14H2,1-3H3,(H,26,28)(H2,25,27,31)/t22-/m0/s1. The normalized spacial score (nSPS) is 15.7. The predicted molar refractivity (Wildman–Crippen MR) is 127 cm³/mol. The summed E-state index contributed by atoms with van der Waals surface area (Å²) in [4.78, 5) is 13.2. The van der Waals surface area contributed by atoms with E-state index in [-0.39, 0.29) is 5.91 Å². The third-order valence-corrected chi connectivity index (χ3v) is 5.12. The Kier molecular flexibility index (Phi) is 7.89. The van der Waals surface area contributed by atoms with Crippen LogP contribution in [0.4, 0.5) is 5.69 Å². The highest BCUT2D eigenvalue weighted by Gasteiger charge is 2.30.